The fourth-order valence-corrected chi connectivity index (χ4v) is 3.20. The van der Waals surface area contributed by atoms with Crippen molar-refractivity contribution in [3.05, 3.63) is 80.5 Å². The molecule has 1 aliphatic carbocycles. The Kier molecular flexibility index (Phi) is 3.68. The topological polar surface area (TPSA) is 89.5 Å². The molecule has 26 heavy (non-hydrogen) atoms. The number of nitro groups is 1. The molecule has 0 bridgehead atoms. The molecule has 0 aliphatic heterocycles. The molecule has 3 aromatic rings. The number of pyridine rings is 1. The highest BCUT2D eigenvalue weighted by Gasteiger charge is 2.46. The van der Waals surface area contributed by atoms with E-state index in [9.17, 15) is 19.3 Å². The summed E-state index contributed by atoms with van der Waals surface area (Å²) in [6, 6.07) is 11.4. The van der Waals surface area contributed by atoms with E-state index >= 15 is 0 Å². The first-order chi connectivity index (χ1) is 12.5. The van der Waals surface area contributed by atoms with E-state index in [1.807, 2.05) is 0 Å². The number of hydrogen-bond acceptors (Lipinski definition) is 5. The maximum atomic E-state index is 14.1. The van der Waals surface area contributed by atoms with Crippen molar-refractivity contribution in [3.63, 3.8) is 0 Å². The Balaban J connectivity index is 1.72. The van der Waals surface area contributed by atoms with Crippen molar-refractivity contribution in [1.82, 2.24) is 9.38 Å². The van der Waals surface area contributed by atoms with E-state index in [1.165, 1.54) is 12.3 Å². The molecular weight excluding hydrogens is 339 g/mol. The molecule has 0 saturated heterocycles. The highest BCUT2D eigenvalue weighted by molar-refractivity contribution is 5.60. The molecule has 0 spiro atoms. The minimum absolute atomic E-state index is 0.0891. The first-order valence-electron chi connectivity index (χ1n) is 8.16. The Morgan fingerprint density at radius 2 is 1.96 bits per heavy atom. The van der Waals surface area contributed by atoms with Gasteiger partial charge in [-0.3, -0.25) is 19.3 Å². The molecule has 1 N–H and O–H groups in total. The van der Waals surface area contributed by atoms with Crippen molar-refractivity contribution in [2.24, 2.45) is 0 Å². The van der Waals surface area contributed by atoms with Crippen molar-refractivity contribution in [3.8, 4) is 0 Å². The van der Waals surface area contributed by atoms with E-state index in [-0.39, 0.29) is 18.2 Å². The normalized spacial score (nSPS) is 15.0. The SMILES string of the molecule is O=c1c([N+](=O)[O-])c(NCC2(c3ccccc3F)CC2)nc2ccccn12. The molecular formula is C18H15FN4O3. The van der Waals surface area contributed by atoms with Crippen LogP contribution in [-0.4, -0.2) is 20.9 Å². The summed E-state index contributed by atoms with van der Waals surface area (Å²) < 4.78 is 15.3. The Morgan fingerprint density at radius 1 is 1.23 bits per heavy atom. The average molecular weight is 354 g/mol. The van der Waals surface area contributed by atoms with Gasteiger partial charge in [-0.1, -0.05) is 24.3 Å². The molecule has 1 saturated carbocycles. The van der Waals surface area contributed by atoms with Crippen LogP contribution in [0.2, 0.25) is 0 Å². The number of benzene rings is 1. The van der Waals surface area contributed by atoms with E-state index in [4.69, 9.17) is 0 Å². The summed E-state index contributed by atoms with van der Waals surface area (Å²) in [7, 11) is 0. The predicted molar refractivity (Wildman–Crippen MR) is 93.9 cm³/mol. The summed E-state index contributed by atoms with van der Waals surface area (Å²) in [6.07, 6.45) is 2.96. The lowest BCUT2D eigenvalue weighted by atomic mass is 9.95. The van der Waals surface area contributed by atoms with Gasteiger partial charge in [0.05, 0.1) is 4.92 Å². The molecule has 1 aromatic carbocycles. The highest BCUT2D eigenvalue weighted by Crippen LogP contribution is 2.49. The molecule has 1 aliphatic rings. The lowest BCUT2D eigenvalue weighted by molar-refractivity contribution is -0.385. The standard InChI is InChI=1S/C18H15FN4O3/c19-13-6-2-1-5-12(13)18(8-9-18)11-20-16-15(23(25)26)17(24)22-10-4-3-7-14(22)21-16/h1-7,10,20H,8-9,11H2. The van der Waals surface area contributed by atoms with Crippen LogP contribution >= 0.6 is 0 Å². The second-order valence-electron chi connectivity index (χ2n) is 6.41. The molecule has 0 amide bonds. The predicted octanol–water partition coefficient (Wildman–Crippen LogP) is 2.89. The number of halogens is 1. The molecule has 2 heterocycles. The largest absolute Gasteiger partial charge is 0.376 e. The molecule has 1 fully saturated rings. The number of hydrogen-bond donors (Lipinski definition) is 1. The Labute approximate surface area is 147 Å². The van der Waals surface area contributed by atoms with Gasteiger partial charge in [-0.25, -0.2) is 9.37 Å². The number of fused-ring (bicyclic) bond motifs is 1. The third-order valence-corrected chi connectivity index (χ3v) is 4.79. The van der Waals surface area contributed by atoms with Crippen LogP contribution in [0.1, 0.15) is 18.4 Å². The van der Waals surface area contributed by atoms with E-state index in [0.29, 0.717) is 11.2 Å². The molecule has 7 nitrogen and oxygen atoms in total. The third-order valence-electron chi connectivity index (χ3n) is 4.79. The second-order valence-corrected chi connectivity index (χ2v) is 6.41. The first-order valence-corrected chi connectivity index (χ1v) is 8.16. The number of anilines is 1. The number of aromatic nitrogens is 2. The molecule has 2 aromatic heterocycles. The minimum Gasteiger partial charge on any atom is -0.363 e. The Bertz CT molecular complexity index is 1080. The van der Waals surface area contributed by atoms with Gasteiger partial charge >= 0.3 is 11.2 Å². The molecule has 0 radical (unpaired) electrons. The van der Waals surface area contributed by atoms with Gasteiger partial charge in [0, 0.05) is 18.2 Å². The van der Waals surface area contributed by atoms with Crippen LogP contribution in [0.4, 0.5) is 15.9 Å². The van der Waals surface area contributed by atoms with Crippen LogP contribution in [0.15, 0.2) is 53.5 Å². The van der Waals surface area contributed by atoms with Crippen LogP contribution in [0.3, 0.4) is 0 Å². The van der Waals surface area contributed by atoms with Crippen molar-refractivity contribution >= 4 is 17.2 Å². The van der Waals surface area contributed by atoms with Crippen LogP contribution in [-0.2, 0) is 5.41 Å². The Morgan fingerprint density at radius 3 is 2.65 bits per heavy atom. The number of nitrogens with one attached hydrogen (secondary N) is 1. The van der Waals surface area contributed by atoms with Gasteiger partial charge < -0.3 is 5.32 Å². The fraction of sp³-hybridized carbons (Fsp3) is 0.222. The van der Waals surface area contributed by atoms with E-state index in [0.717, 1.165) is 17.2 Å². The van der Waals surface area contributed by atoms with Crippen molar-refractivity contribution < 1.29 is 9.31 Å². The van der Waals surface area contributed by atoms with E-state index < -0.39 is 21.6 Å². The summed E-state index contributed by atoms with van der Waals surface area (Å²) in [5.74, 6) is -0.387. The minimum atomic E-state index is -0.751. The third kappa shape index (κ3) is 2.59. The van der Waals surface area contributed by atoms with Crippen LogP contribution < -0.4 is 10.9 Å². The zero-order valence-electron chi connectivity index (χ0n) is 13.7. The Hall–Kier alpha value is -3.29. The van der Waals surface area contributed by atoms with Crippen molar-refractivity contribution in [2.45, 2.75) is 18.3 Å². The van der Waals surface area contributed by atoms with Crippen LogP contribution in [0.25, 0.3) is 5.65 Å². The lowest BCUT2D eigenvalue weighted by Gasteiger charge is -2.17. The average Bonchev–Trinajstić information content (AvgIpc) is 3.41. The van der Waals surface area contributed by atoms with E-state index in [2.05, 4.69) is 10.3 Å². The summed E-state index contributed by atoms with van der Waals surface area (Å²) in [6.45, 7) is 0.268. The van der Waals surface area contributed by atoms with Crippen molar-refractivity contribution in [2.75, 3.05) is 11.9 Å². The van der Waals surface area contributed by atoms with Gasteiger partial charge in [-0.15, -0.1) is 0 Å². The molecule has 0 atom stereocenters. The van der Waals surface area contributed by atoms with Crippen molar-refractivity contribution in [1.29, 1.82) is 0 Å². The first kappa shape index (κ1) is 16.2. The summed E-state index contributed by atoms with van der Waals surface area (Å²) in [5, 5.41) is 14.3. The zero-order valence-corrected chi connectivity index (χ0v) is 13.7. The van der Waals surface area contributed by atoms with Gasteiger partial charge in [0.25, 0.3) is 0 Å². The summed E-state index contributed by atoms with van der Waals surface area (Å²) in [4.78, 5) is 27.3. The zero-order chi connectivity index (χ0) is 18.3. The quantitative estimate of drug-likeness (QED) is 0.562. The summed E-state index contributed by atoms with van der Waals surface area (Å²) in [5.41, 5.74) is -0.909. The maximum Gasteiger partial charge on any atom is 0.376 e. The number of nitrogens with zero attached hydrogens (tertiary/aromatic N) is 3. The monoisotopic (exact) mass is 354 g/mol. The second kappa shape index (κ2) is 5.91. The molecule has 4 rings (SSSR count). The highest BCUT2D eigenvalue weighted by atomic mass is 19.1. The number of rotatable bonds is 5. The summed E-state index contributed by atoms with van der Waals surface area (Å²) >= 11 is 0. The smallest absolute Gasteiger partial charge is 0.363 e. The van der Waals surface area contributed by atoms with Gasteiger partial charge in [0.1, 0.15) is 11.5 Å². The molecule has 0 unspecified atom stereocenters. The maximum absolute atomic E-state index is 14.1. The molecule has 8 heteroatoms. The molecule has 132 valence electrons. The van der Waals surface area contributed by atoms with Gasteiger partial charge in [0.2, 0.25) is 5.82 Å². The van der Waals surface area contributed by atoms with Gasteiger partial charge in [-0.05, 0) is 36.6 Å². The van der Waals surface area contributed by atoms with Gasteiger partial charge in [-0.2, -0.15) is 0 Å². The van der Waals surface area contributed by atoms with E-state index in [1.54, 1.807) is 36.4 Å². The fourth-order valence-electron chi connectivity index (χ4n) is 3.20. The lowest BCUT2D eigenvalue weighted by Crippen LogP contribution is -2.25. The van der Waals surface area contributed by atoms with Gasteiger partial charge in [0.15, 0.2) is 0 Å². The van der Waals surface area contributed by atoms with Crippen LogP contribution in [0.5, 0.6) is 0 Å². The van der Waals surface area contributed by atoms with Crippen LogP contribution in [0, 0.1) is 15.9 Å².